The van der Waals surface area contributed by atoms with Gasteiger partial charge in [0.25, 0.3) is 0 Å². The van der Waals surface area contributed by atoms with Crippen molar-refractivity contribution in [3.8, 4) is 22.6 Å². The molecule has 0 aromatic heterocycles. The number of rotatable bonds is 6. The second-order valence-corrected chi connectivity index (χ2v) is 16.9. The molecule has 1 spiro atoms. The van der Waals surface area contributed by atoms with Gasteiger partial charge in [-0.25, -0.2) is 0 Å². The first-order valence-corrected chi connectivity index (χ1v) is 21.8. The van der Waals surface area contributed by atoms with Crippen molar-refractivity contribution in [1.82, 2.24) is 16.0 Å². The van der Waals surface area contributed by atoms with E-state index in [1.165, 1.54) is 33.4 Å². The molecule has 8 aromatic rings. The highest BCUT2D eigenvalue weighted by molar-refractivity contribution is 6.13. The maximum atomic E-state index is 7.04. The highest BCUT2D eigenvalue weighted by Crippen LogP contribution is 2.63. The molecule has 0 bridgehead atoms. The number of benzene rings is 8. The molecule has 3 heterocycles. The van der Waals surface area contributed by atoms with Crippen molar-refractivity contribution < 1.29 is 4.74 Å². The summed E-state index contributed by atoms with van der Waals surface area (Å²) in [4.78, 5) is 5.49. The summed E-state index contributed by atoms with van der Waals surface area (Å²) in [6.45, 7) is 2.20. The Hall–Kier alpha value is -7.73. The molecule has 4 unspecified atom stereocenters. The molecule has 1 aliphatic carbocycles. The fourth-order valence-corrected chi connectivity index (χ4v) is 10.3. The number of para-hydroxylation sites is 1. The maximum absolute atomic E-state index is 7.04. The monoisotopic (exact) mass is 812 g/mol. The quantitative estimate of drug-likeness (QED) is 0.157. The molecule has 12 rings (SSSR count). The summed E-state index contributed by atoms with van der Waals surface area (Å²) < 4.78 is 7.04. The molecule has 63 heavy (non-hydrogen) atoms. The number of ether oxygens (including phenoxy) is 1. The molecule has 5 nitrogen and oxygen atoms in total. The van der Waals surface area contributed by atoms with Crippen LogP contribution in [0.4, 0.5) is 0 Å². The lowest BCUT2D eigenvalue weighted by Gasteiger charge is -2.40. The Kier molecular flexibility index (Phi) is 8.83. The smallest absolute Gasteiger partial charge is 0.146 e. The van der Waals surface area contributed by atoms with E-state index in [9.17, 15) is 0 Å². The predicted octanol–water partition coefficient (Wildman–Crippen LogP) is 12.6. The Morgan fingerprint density at radius 1 is 0.508 bits per heavy atom. The van der Waals surface area contributed by atoms with Crippen molar-refractivity contribution >= 4 is 17.1 Å². The van der Waals surface area contributed by atoms with E-state index in [0.717, 1.165) is 67.5 Å². The number of hydrogen-bond acceptors (Lipinski definition) is 5. The summed E-state index contributed by atoms with van der Waals surface area (Å²) in [5.74, 6) is 1.71. The van der Waals surface area contributed by atoms with E-state index >= 15 is 0 Å². The summed E-state index contributed by atoms with van der Waals surface area (Å²) in [5, 5.41) is 11.7. The summed E-state index contributed by atoms with van der Waals surface area (Å²) in [6.07, 6.45) is 3.95. The van der Waals surface area contributed by atoms with Gasteiger partial charge < -0.3 is 15.4 Å². The zero-order valence-corrected chi connectivity index (χ0v) is 34.8. The van der Waals surface area contributed by atoms with E-state index in [2.05, 4.69) is 235 Å². The van der Waals surface area contributed by atoms with Gasteiger partial charge in [0.15, 0.2) is 0 Å². The zero-order valence-electron chi connectivity index (χ0n) is 34.8. The first kappa shape index (κ1) is 37.1. The van der Waals surface area contributed by atoms with Crippen LogP contribution < -0.4 is 20.7 Å². The van der Waals surface area contributed by atoms with Crippen molar-refractivity contribution in [1.29, 1.82) is 0 Å². The molecule has 0 fully saturated rings. The van der Waals surface area contributed by atoms with Crippen LogP contribution in [0.25, 0.3) is 22.5 Å². The van der Waals surface area contributed by atoms with Crippen LogP contribution in [0, 0.1) is 6.92 Å². The summed E-state index contributed by atoms with van der Waals surface area (Å²) in [6, 6.07) is 71.6. The van der Waals surface area contributed by atoms with Crippen molar-refractivity contribution in [2.45, 2.75) is 30.7 Å². The van der Waals surface area contributed by atoms with E-state index in [-0.39, 0.29) is 18.4 Å². The number of nitrogens with one attached hydrogen (secondary N) is 3. The van der Waals surface area contributed by atoms with Gasteiger partial charge in [-0.3, -0.25) is 10.3 Å². The lowest BCUT2D eigenvalue weighted by molar-refractivity contribution is 0.423. The zero-order chi connectivity index (χ0) is 41.9. The van der Waals surface area contributed by atoms with Gasteiger partial charge >= 0.3 is 0 Å². The second-order valence-electron chi connectivity index (χ2n) is 16.9. The minimum Gasteiger partial charge on any atom is -0.457 e. The normalized spacial score (nSPS) is 20.3. The molecule has 0 saturated heterocycles. The predicted molar refractivity (Wildman–Crippen MR) is 254 cm³/mol. The average Bonchev–Trinajstić information content (AvgIpc) is 3.64. The van der Waals surface area contributed by atoms with Crippen molar-refractivity contribution in [3.63, 3.8) is 0 Å². The highest BCUT2D eigenvalue weighted by atomic mass is 16.5. The molecule has 4 atom stereocenters. The minimum absolute atomic E-state index is 0.00220. The van der Waals surface area contributed by atoms with E-state index in [1.807, 2.05) is 0 Å². The molecule has 4 aliphatic rings. The van der Waals surface area contributed by atoms with Gasteiger partial charge in [0.1, 0.15) is 23.8 Å². The number of nitrogens with zero attached hydrogens (tertiary/aromatic N) is 1. The molecular formula is C58H44N4O. The third kappa shape index (κ3) is 6.15. The number of aliphatic imine (C=N–C) groups is 1. The number of hydrogen-bond donors (Lipinski definition) is 3. The van der Waals surface area contributed by atoms with Gasteiger partial charge in [-0.15, -0.1) is 0 Å². The summed E-state index contributed by atoms with van der Waals surface area (Å²) in [5.41, 5.74) is 17.6. The van der Waals surface area contributed by atoms with E-state index in [4.69, 9.17) is 9.73 Å². The molecular weight excluding hydrogens is 769 g/mol. The van der Waals surface area contributed by atoms with E-state index in [0.29, 0.717) is 0 Å². The Morgan fingerprint density at radius 3 is 1.92 bits per heavy atom. The Balaban J connectivity index is 1.03. The standard InChI is InChI=1S/C58H44N4O/c1-37-29-31-43-48(33-37)58(47-27-16-25-44(55(43)47)57-61-51(40-21-10-4-11-22-40)36-52(62-57)41-23-12-5-13-24-41)45-26-14-15-28-53(45)63-54-34-42(30-32-46(54)58)56-59-49(38-17-6-2-7-18-38)35-50(60-56)39-19-8-3-9-20-39/h2-36,49,56-57,59-61H,1H3. The fourth-order valence-electron chi connectivity index (χ4n) is 10.3. The fraction of sp³-hybridized carbons (Fsp3) is 0.0862. The largest absolute Gasteiger partial charge is 0.457 e. The van der Waals surface area contributed by atoms with Gasteiger partial charge in [0.2, 0.25) is 0 Å². The lowest BCUT2D eigenvalue weighted by atomic mass is 9.65. The number of allylic oxidation sites excluding steroid dienone is 1. The first-order chi connectivity index (χ1) is 31.1. The van der Waals surface area contributed by atoms with Crippen molar-refractivity contribution in [2.24, 2.45) is 4.99 Å². The topological polar surface area (TPSA) is 57.7 Å². The molecule has 3 aliphatic heterocycles. The SMILES string of the molecule is Cc1ccc2c(c1)C1(c3ccccc3Oc3cc(C4NC(c5ccccc5)=CC(c5ccccc5)N4)ccc31)c1cccc(C3N=C(c4ccccc4)C=C(c4ccccc4)N3)c1-2. The van der Waals surface area contributed by atoms with Gasteiger partial charge in [-0.1, -0.05) is 194 Å². The summed E-state index contributed by atoms with van der Waals surface area (Å²) >= 11 is 0. The third-order valence-corrected chi connectivity index (χ3v) is 13.1. The second kappa shape index (κ2) is 15.0. The average molecular weight is 813 g/mol. The van der Waals surface area contributed by atoms with Crippen molar-refractivity contribution in [2.75, 3.05) is 0 Å². The molecule has 0 amide bonds. The Bertz CT molecular complexity index is 3140. The van der Waals surface area contributed by atoms with Crippen LogP contribution in [-0.2, 0) is 5.41 Å². The van der Waals surface area contributed by atoms with E-state index in [1.54, 1.807) is 0 Å². The molecule has 0 radical (unpaired) electrons. The van der Waals surface area contributed by atoms with Crippen LogP contribution in [0.1, 0.15) is 79.6 Å². The molecule has 8 aromatic carbocycles. The lowest BCUT2D eigenvalue weighted by Crippen LogP contribution is -2.40. The van der Waals surface area contributed by atoms with Crippen LogP contribution in [0.15, 0.2) is 217 Å². The van der Waals surface area contributed by atoms with Gasteiger partial charge in [-0.05, 0) is 81.3 Å². The summed E-state index contributed by atoms with van der Waals surface area (Å²) in [7, 11) is 0. The van der Waals surface area contributed by atoms with Gasteiger partial charge in [0, 0.05) is 28.1 Å². The van der Waals surface area contributed by atoms with Gasteiger partial charge in [-0.2, -0.15) is 0 Å². The van der Waals surface area contributed by atoms with Crippen LogP contribution in [0.3, 0.4) is 0 Å². The van der Waals surface area contributed by atoms with Crippen LogP contribution in [-0.4, -0.2) is 5.71 Å². The number of aryl methyl sites for hydroxylation is 1. The molecule has 0 saturated carbocycles. The minimum atomic E-state index is -0.650. The first-order valence-electron chi connectivity index (χ1n) is 21.8. The highest BCUT2D eigenvalue weighted by Gasteiger charge is 2.52. The number of fused-ring (bicyclic) bond motifs is 9. The molecule has 3 N–H and O–H groups in total. The van der Waals surface area contributed by atoms with Crippen molar-refractivity contribution in [3.05, 3.63) is 274 Å². The molecule has 302 valence electrons. The third-order valence-electron chi connectivity index (χ3n) is 13.1. The Morgan fingerprint density at radius 2 is 1.16 bits per heavy atom. The van der Waals surface area contributed by atoms with Crippen LogP contribution in [0.5, 0.6) is 11.5 Å². The van der Waals surface area contributed by atoms with Crippen LogP contribution >= 0.6 is 0 Å². The van der Waals surface area contributed by atoms with E-state index < -0.39 is 5.41 Å². The van der Waals surface area contributed by atoms with Gasteiger partial charge in [0.05, 0.1) is 17.2 Å². The molecule has 5 heteroatoms. The van der Waals surface area contributed by atoms with Crippen LogP contribution in [0.2, 0.25) is 0 Å². The maximum Gasteiger partial charge on any atom is 0.146 e. The Labute approximate surface area is 368 Å².